The molecular weight excluding hydrogens is 325 g/mol. The summed E-state index contributed by atoms with van der Waals surface area (Å²) in [5.41, 5.74) is 1.62. The number of nitrogens with zero attached hydrogens (tertiary/aromatic N) is 1. The minimum atomic E-state index is -0.363. The molecule has 2 N–H and O–H groups in total. The van der Waals surface area contributed by atoms with Gasteiger partial charge in [0.25, 0.3) is 5.91 Å². The highest BCUT2D eigenvalue weighted by molar-refractivity contribution is 9.10. The second kappa shape index (κ2) is 6.00. The van der Waals surface area contributed by atoms with E-state index in [-0.39, 0.29) is 11.7 Å². The average molecular weight is 338 g/mol. The van der Waals surface area contributed by atoms with Crippen molar-refractivity contribution in [1.82, 2.24) is 4.98 Å². The molecular formula is C14H13BrFN3O. The lowest BCUT2D eigenvalue weighted by atomic mass is 10.1. The third-order valence-corrected chi connectivity index (χ3v) is 3.41. The number of hydrogen-bond acceptors (Lipinski definition) is 3. The molecule has 2 aromatic rings. The molecule has 0 atom stereocenters. The predicted molar refractivity (Wildman–Crippen MR) is 80.6 cm³/mol. The summed E-state index contributed by atoms with van der Waals surface area (Å²) in [7, 11) is 1.69. The quantitative estimate of drug-likeness (QED) is 0.899. The van der Waals surface area contributed by atoms with E-state index in [1.807, 2.05) is 0 Å². The smallest absolute Gasteiger partial charge is 0.259 e. The van der Waals surface area contributed by atoms with Crippen LogP contribution in [0.5, 0.6) is 0 Å². The lowest BCUT2D eigenvalue weighted by molar-refractivity contribution is 0.102. The fourth-order valence-electron chi connectivity index (χ4n) is 1.76. The Kier molecular flexibility index (Phi) is 4.34. The molecule has 1 aromatic carbocycles. The molecule has 4 nitrogen and oxygen atoms in total. The number of aryl methyl sites for hydroxylation is 1. The summed E-state index contributed by atoms with van der Waals surface area (Å²) in [6, 6.07) is 6.26. The van der Waals surface area contributed by atoms with Gasteiger partial charge in [-0.3, -0.25) is 4.79 Å². The van der Waals surface area contributed by atoms with E-state index in [9.17, 15) is 9.18 Å². The van der Waals surface area contributed by atoms with Crippen molar-refractivity contribution in [3.05, 3.63) is 51.9 Å². The minimum Gasteiger partial charge on any atom is -0.372 e. The van der Waals surface area contributed by atoms with Crippen molar-refractivity contribution in [2.45, 2.75) is 6.92 Å². The van der Waals surface area contributed by atoms with Crippen LogP contribution >= 0.6 is 15.9 Å². The first-order valence-electron chi connectivity index (χ1n) is 5.92. The molecule has 0 spiro atoms. The first-order valence-corrected chi connectivity index (χ1v) is 6.72. The Hall–Kier alpha value is -1.95. The molecule has 0 bridgehead atoms. The molecule has 0 aliphatic heterocycles. The number of nitrogens with one attached hydrogen (secondary N) is 2. The Bertz CT molecular complexity index is 661. The van der Waals surface area contributed by atoms with E-state index in [2.05, 4.69) is 31.5 Å². The number of carbonyl (C=O) groups is 1. The number of hydrogen-bond donors (Lipinski definition) is 2. The van der Waals surface area contributed by atoms with E-state index >= 15 is 0 Å². The second-order valence-electron chi connectivity index (χ2n) is 4.18. The molecule has 0 fully saturated rings. The first-order chi connectivity index (χ1) is 9.52. The molecule has 1 heterocycles. The van der Waals surface area contributed by atoms with Gasteiger partial charge in [0.2, 0.25) is 0 Å². The van der Waals surface area contributed by atoms with E-state index in [4.69, 9.17) is 0 Å². The standard InChI is InChI=1S/C14H13BrFN3O/c1-8-6-11(16)10(15)7-12(8)19-14(20)9-4-3-5-18-13(9)17-2/h3-7H,1-2H3,(H,17,18)(H,19,20). The lowest BCUT2D eigenvalue weighted by Gasteiger charge is -2.11. The minimum absolute atomic E-state index is 0.302. The van der Waals surface area contributed by atoms with Crippen LogP contribution < -0.4 is 10.6 Å². The molecule has 0 aliphatic carbocycles. The van der Waals surface area contributed by atoms with Crippen molar-refractivity contribution in [1.29, 1.82) is 0 Å². The number of carbonyl (C=O) groups excluding carboxylic acids is 1. The number of halogens is 2. The normalized spacial score (nSPS) is 10.2. The molecule has 6 heteroatoms. The van der Waals surface area contributed by atoms with Crippen LogP contribution in [-0.2, 0) is 0 Å². The van der Waals surface area contributed by atoms with Gasteiger partial charge < -0.3 is 10.6 Å². The SMILES string of the molecule is CNc1ncccc1C(=O)Nc1cc(Br)c(F)cc1C. The summed E-state index contributed by atoms with van der Waals surface area (Å²) >= 11 is 3.10. The summed E-state index contributed by atoms with van der Waals surface area (Å²) in [6.45, 7) is 1.73. The number of rotatable bonds is 3. The topological polar surface area (TPSA) is 54.0 Å². The van der Waals surface area contributed by atoms with Gasteiger partial charge in [0.05, 0.1) is 10.0 Å². The van der Waals surface area contributed by atoms with E-state index in [0.717, 1.165) is 0 Å². The van der Waals surface area contributed by atoms with Gasteiger partial charge in [-0.1, -0.05) is 0 Å². The highest BCUT2D eigenvalue weighted by atomic mass is 79.9. The van der Waals surface area contributed by atoms with Crippen molar-refractivity contribution in [3.8, 4) is 0 Å². The number of pyridine rings is 1. The van der Waals surface area contributed by atoms with Crippen molar-refractivity contribution < 1.29 is 9.18 Å². The highest BCUT2D eigenvalue weighted by Crippen LogP contribution is 2.25. The fourth-order valence-corrected chi connectivity index (χ4v) is 2.10. The van der Waals surface area contributed by atoms with Gasteiger partial charge in [-0.25, -0.2) is 9.37 Å². The van der Waals surface area contributed by atoms with Crippen LogP contribution in [0.3, 0.4) is 0 Å². The molecule has 1 amide bonds. The maximum absolute atomic E-state index is 13.4. The summed E-state index contributed by atoms with van der Waals surface area (Å²) in [4.78, 5) is 16.3. The van der Waals surface area contributed by atoms with Crippen LogP contribution in [-0.4, -0.2) is 17.9 Å². The van der Waals surface area contributed by atoms with Gasteiger partial charge in [-0.2, -0.15) is 0 Å². The van der Waals surface area contributed by atoms with E-state index < -0.39 is 0 Å². The van der Waals surface area contributed by atoms with Crippen LogP contribution in [0.2, 0.25) is 0 Å². The zero-order valence-electron chi connectivity index (χ0n) is 11.0. The highest BCUT2D eigenvalue weighted by Gasteiger charge is 2.13. The summed E-state index contributed by atoms with van der Waals surface area (Å²) < 4.78 is 13.7. The average Bonchev–Trinajstić information content (AvgIpc) is 2.44. The molecule has 0 saturated heterocycles. The zero-order valence-corrected chi connectivity index (χ0v) is 12.6. The Balaban J connectivity index is 2.30. The molecule has 0 aliphatic rings. The Labute approximate surface area is 124 Å². The fraction of sp³-hybridized carbons (Fsp3) is 0.143. The van der Waals surface area contributed by atoms with Crippen molar-refractivity contribution in [2.75, 3.05) is 17.7 Å². The number of anilines is 2. The Morgan fingerprint density at radius 3 is 2.85 bits per heavy atom. The zero-order chi connectivity index (χ0) is 14.7. The van der Waals surface area contributed by atoms with Crippen LogP contribution in [0.4, 0.5) is 15.9 Å². The Morgan fingerprint density at radius 2 is 2.15 bits per heavy atom. The van der Waals surface area contributed by atoms with Crippen LogP contribution in [0, 0.1) is 12.7 Å². The van der Waals surface area contributed by atoms with E-state index in [0.29, 0.717) is 27.1 Å². The molecule has 20 heavy (non-hydrogen) atoms. The van der Waals surface area contributed by atoms with Gasteiger partial charge in [-0.05, 0) is 52.7 Å². The number of benzene rings is 1. The van der Waals surface area contributed by atoms with Gasteiger partial charge >= 0.3 is 0 Å². The molecule has 0 saturated carbocycles. The van der Waals surface area contributed by atoms with Crippen molar-refractivity contribution in [3.63, 3.8) is 0 Å². The molecule has 0 unspecified atom stereocenters. The van der Waals surface area contributed by atoms with Gasteiger partial charge in [0.15, 0.2) is 0 Å². The monoisotopic (exact) mass is 337 g/mol. The van der Waals surface area contributed by atoms with E-state index in [1.54, 1.807) is 32.3 Å². The molecule has 0 radical (unpaired) electrons. The molecule has 2 rings (SSSR count). The van der Waals surface area contributed by atoms with Crippen LogP contribution in [0.15, 0.2) is 34.9 Å². The first kappa shape index (κ1) is 14.5. The van der Waals surface area contributed by atoms with Gasteiger partial charge in [0.1, 0.15) is 11.6 Å². The number of amides is 1. The van der Waals surface area contributed by atoms with Crippen LogP contribution in [0.1, 0.15) is 15.9 Å². The lowest BCUT2D eigenvalue weighted by Crippen LogP contribution is -2.15. The summed E-state index contributed by atoms with van der Waals surface area (Å²) in [6.07, 6.45) is 1.60. The summed E-state index contributed by atoms with van der Waals surface area (Å²) in [5.74, 6) is -0.175. The van der Waals surface area contributed by atoms with Gasteiger partial charge in [-0.15, -0.1) is 0 Å². The predicted octanol–water partition coefficient (Wildman–Crippen LogP) is 3.59. The van der Waals surface area contributed by atoms with Crippen LogP contribution in [0.25, 0.3) is 0 Å². The van der Waals surface area contributed by atoms with Gasteiger partial charge in [0, 0.05) is 18.9 Å². The second-order valence-corrected chi connectivity index (χ2v) is 5.04. The van der Waals surface area contributed by atoms with Crippen molar-refractivity contribution >= 4 is 33.3 Å². The van der Waals surface area contributed by atoms with Crippen molar-refractivity contribution in [2.24, 2.45) is 0 Å². The third kappa shape index (κ3) is 2.96. The summed E-state index contributed by atoms with van der Waals surface area (Å²) in [5, 5.41) is 5.61. The molecule has 104 valence electrons. The maximum Gasteiger partial charge on any atom is 0.259 e. The largest absolute Gasteiger partial charge is 0.372 e. The number of aromatic nitrogens is 1. The third-order valence-electron chi connectivity index (χ3n) is 2.80. The van der Waals surface area contributed by atoms with E-state index in [1.165, 1.54) is 12.1 Å². The molecule has 1 aromatic heterocycles. The maximum atomic E-state index is 13.4. The Morgan fingerprint density at radius 1 is 1.40 bits per heavy atom.